The molecule has 0 fully saturated rings. The van der Waals surface area contributed by atoms with Crippen molar-refractivity contribution in [1.29, 1.82) is 0 Å². The van der Waals surface area contributed by atoms with E-state index in [1.54, 1.807) is 11.3 Å². The van der Waals surface area contributed by atoms with E-state index in [9.17, 15) is 4.79 Å². The second kappa shape index (κ2) is 7.91. The van der Waals surface area contributed by atoms with Gasteiger partial charge in [-0.25, -0.2) is 0 Å². The van der Waals surface area contributed by atoms with E-state index in [0.717, 1.165) is 19.4 Å². The first kappa shape index (κ1) is 17.8. The molecule has 1 aromatic heterocycles. The summed E-state index contributed by atoms with van der Waals surface area (Å²) < 4.78 is 11.4. The quantitative estimate of drug-likeness (QED) is 0.751. The Balaban J connectivity index is 1.83. The third-order valence-electron chi connectivity index (χ3n) is 4.49. The average Bonchev–Trinajstić information content (AvgIpc) is 3.10. The predicted molar refractivity (Wildman–Crippen MR) is 101 cm³/mol. The summed E-state index contributed by atoms with van der Waals surface area (Å²) in [6, 6.07) is 7.74. The van der Waals surface area contributed by atoms with Crippen LogP contribution in [0, 0.1) is 0 Å². The van der Waals surface area contributed by atoms with Crippen LogP contribution >= 0.6 is 11.3 Å². The first-order valence-corrected chi connectivity index (χ1v) is 9.80. The first-order valence-electron chi connectivity index (χ1n) is 8.92. The fourth-order valence-electron chi connectivity index (χ4n) is 3.19. The molecule has 0 spiro atoms. The van der Waals surface area contributed by atoms with Crippen molar-refractivity contribution in [1.82, 2.24) is 4.90 Å². The van der Waals surface area contributed by atoms with Gasteiger partial charge in [-0.1, -0.05) is 6.92 Å². The second-order valence-electron chi connectivity index (χ2n) is 6.17. The largest absolute Gasteiger partial charge is 0.490 e. The van der Waals surface area contributed by atoms with Crippen LogP contribution in [0.25, 0.3) is 0 Å². The summed E-state index contributed by atoms with van der Waals surface area (Å²) in [5, 5.41) is 2.11. The maximum absolute atomic E-state index is 13.1. The van der Waals surface area contributed by atoms with Crippen molar-refractivity contribution in [2.45, 2.75) is 39.7 Å². The Kier molecular flexibility index (Phi) is 5.63. The van der Waals surface area contributed by atoms with Crippen molar-refractivity contribution in [3.05, 3.63) is 45.6 Å². The third kappa shape index (κ3) is 3.66. The van der Waals surface area contributed by atoms with Gasteiger partial charge in [-0.2, -0.15) is 0 Å². The van der Waals surface area contributed by atoms with Gasteiger partial charge in [-0.3, -0.25) is 4.79 Å². The highest BCUT2D eigenvalue weighted by Gasteiger charge is 2.29. The molecule has 1 unspecified atom stereocenters. The Morgan fingerprint density at radius 2 is 2.08 bits per heavy atom. The van der Waals surface area contributed by atoms with Gasteiger partial charge in [0.1, 0.15) is 0 Å². The molecular weight excluding hydrogens is 334 g/mol. The Hall–Kier alpha value is -2.01. The molecule has 4 nitrogen and oxygen atoms in total. The Bertz CT molecular complexity index is 740. The van der Waals surface area contributed by atoms with E-state index in [1.165, 1.54) is 10.4 Å². The zero-order chi connectivity index (χ0) is 17.8. The maximum atomic E-state index is 13.1. The summed E-state index contributed by atoms with van der Waals surface area (Å²) in [6.07, 6.45) is 1.86. The summed E-state index contributed by atoms with van der Waals surface area (Å²) in [5.74, 6) is 1.39. The fourth-order valence-corrected chi connectivity index (χ4v) is 4.16. The monoisotopic (exact) mass is 359 g/mol. The lowest BCUT2D eigenvalue weighted by Crippen LogP contribution is -2.38. The van der Waals surface area contributed by atoms with Gasteiger partial charge in [0, 0.05) is 17.0 Å². The van der Waals surface area contributed by atoms with Crippen molar-refractivity contribution >= 4 is 17.2 Å². The van der Waals surface area contributed by atoms with E-state index in [4.69, 9.17) is 9.47 Å². The van der Waals surface area contributed by atoms with Crippen LogP contribution < -0.4 is 9.47 Å². The number of carbonyl (C=O) groups excluding carboxylic acids is 1. The maximum Gasteiger partial charge on any atom is 0.254 e. The summed E-state index contributed by atoms with van der Waals surface area (Å²) in [4.78, 5) is 16.4. The van der Waals surface area contributed by atoms with Gasteiger partial charge in [0.2, 0.25) is 0 Å². The van der Waals surface area contributed by atoms with Gasteiger partial charge in [-0.05, 0) is 61.9 Å². The highest BCUT2D eigenvalue weighted by atomic mass is 32.1. The number of carbonyl (C=O) groups is 1. The number of nitrogens with zero attached hydrogens (tertiary/aromatic N) is 1. The number of benzene rings is 1. The SMILES string of the molecule is CCCOc1ccc(C(=O)N2CCc3sccc3C2C)cc1OCC. The van der Waals surface area contributed by atoms with Crippen LogP contribution in [0.3, 0.4) is 0 Å². The fraction of sp³-hybridized carbons (Fsp3) is 0.450. The van der Waals surface area contributed by atoms with Gasteiger partial charge >= 0.3 is 0 Å². The molecule has 134 valence electrons. The Morgan fingerprint density at radius 1 is 1.24 bits per heavy atom. The smallest absolute Gasteiger partial charge is 0.254 e. The van der Waals surface area contributed by atoms with Gasteiger partial charge in [-0.15, -0.1) is 11.3 Å². The van der Waals surface area contributed by atoms with E-state index < -0.39 is 0 Å². The van der Waals surface area contributed by atoms with Gasteiger partial charge in [0.25, 0.3) is 5.91 Å². The molecule has 0 bridgehead atoms. The lowest BCUT2D eigenvalue weighted by molar-refractivity contribution is 0.0679. The number of rotatable bonds is 6. The van der Waals surface area contributed by atoms with Crippen molar-refractivity contribution in [2.75, 3.05) is 19.8 Å². The van der Waals surface area contributed by atoms with Gasteiger partial charge in [0.05, 0.1) is 19.3 Å². The van der Waals surface area contributed by atoms with E-state index in [0.29, 0.717) is 30.3 Å². The number of amides is 1. The molecule has 0 aliphatic carbocycles. The number of hydrogen-bond donors (Lipinski definition) is 0. The van der Waals surface area contributed by atoms with Crippen molar-refractivity contribution < 1.29 is 14.3 Å². The summed E-state index contributed by atoms with van der Waals surface area (Å²) in [5.41, 5.74) is 1.93. The predicted octanol–water partition coefficient (Wildman–Crippen LogP) is 4.70. The molecule has 2 heterocycles. The topological polar surface area (TPSA) is 38.8 Å². The molecule has 1 aliphatic rings. The summed E-state index contributed by atoms with van der Waals surface area (Å²) in [7, 11) is 0. The number of ether oxygens (including phenoxy) is 2. The molecular formula is C20H25NO3S. The van der Waals surface area contributed by atoms with E-state index in [-0.39, 0.29) is 11.9 Å². The van der Waals surface area contributed by atoms with E-state index >= 15 is 0 Å². The van der Waals surface area contributed by atoms with Crippen LogP contribution in [0.2, 0.25) is 0 Å². The molecule has 2 aromatic rings. The molecule has 25 heavy (non-hydrogen) atoms. The molecule has 1 atom stereocenters. The third-order valence-corrected chi connectivity index (χ3v) is 5.49. The van der Waals surface area contributed by atoms with E-state index in [1.807, 2.05) is 30.0 Å². The zero-order valence-electron chi connectivity index (χ0n) is 15.1. The molecule has 1 aromatic carbocycles. The van der Waals surface area contributed by atoms with Crippen molar-refractivity contribution in [3.63, 3.8) is 0 Å². The summed E-state index contributed by atoms with van der Waals surface area (Å²) >= 11 is 1.78. The van der Waals surface area contributed by atoms with E-state index in [2.05, 4.69) is 25.3 Å². The average molecular weight is 359 g/mol. The standard InChI is InChI=1S/C20H25NO3S/c1-4-11-24-17-7-6-15(13-18(17)23-5-2)20(22)21-10-8-19-16(14(21)3)9-12-25-19/h6-7,9,12-14H,4-5,8,10-11H2,1-3H3. The number of hydrogen-bond acceptors (Lipinski definition) is 4. The zero-order valence-corrected chi connectivity index (χ0v) is 15.9. The van der Waals surface area contributed by atoms with Crippen LogP contribution in [0.4, 0.5) is 0 Å². The van der Waals surface area contributed by atoms with Crippen LogP contribution in [0.1, 0.15) is 54.0 Å². The molecule has 0 saturated heterocycles. The van der Waals surface area contributed by atoms with Crippen LogP contribution in [-0.2, 0) is 6.42 Å². The minimum absolute atomic E-state index is 0.0485. The van der Waals surface area contributed by atoms with Gasteiger partial charge < -0.3 is 14.4 Å². The Labute approximate surface area is 153 Å². The minimum atomic E-state index is 0.0485. The molecule has 0 saturated carbocycles. The molecule has 5 heteroatoms. The number of fused-ring (bicyclic) bond motifs is 1. The van der Waals surface area contributed by atoms with Gasteiger partial charge in [0.15, 0.2) is 11.5 Å². The van der Waals surface area contributed by atoms with Crippen LogP contribution in [-0.4, -0.2) is 30.6 Å². The lowest BCUT2D eigenvalue weighted by atomic mass is 10.00. The number of thiophene rings is 1. The van der Waals surface area contributed by atoms with Crippen LogP contribution in [0.15, 0.2) is 29.6 Å². The van der Waals surface area contributed by atoms with Crippen molar-refractivity contribution in [2.24, 2.45) is 0 Å². The molecule has 0 N–H and O–H groups in total. The Morgan fingerprint density at radius 3 is 2.84 bits per heavy atom. The minimum Gasteiger partial charge on any atom is -0.490 e. The highest BCUT2D eigenvalue weighted by molar-refractivity contribution is 7.10. The lowest BCUT2D eigenvalue weighted by Gasteiger charge is -2.33. The van der Waals surface area contributed by atoms with Crippen LogP contribution in [0.5, 0.6) is 11.5 Å². The summed E-state index contributed by atoms with van der Waals surface area (Å²) in [6.45, 7) is 8.03. The highest BCUT2D eigenvalue weighted by Crippen LogP contribution is 2.35. The second-order valence-corrected chi connectivity index (χ2v) is 7.17. The van der Waals surface area contributed by atoms with Crippen molar-refractivity contribution in [3.8, 4) is 11.5 Å². The normalized spacial score (nSPS) is 16.4. The molecule has 1 aliphatic heterocycles. The molecule has 3 rings (SSSR count). The molecule has 1 amide bonds. The first-order chi connectivity index (χ1) is 12.2. The molecule has 0 radical (unpaired) electrons.